The number of hydrogen-bond acceptors (Lipinski definition) is 4. The Balaban J connectivity index is 0.00000341. The van der Waals surface area contributed by atoms with Gasteiger partial charge in [0.2, 0.25) is 0 Å². The largest absolute Gasteiger partial charge is 0.491 e. The fourth-order valence-corrected chi connectivity index (χ4v) is 3.35. The fourth-order valence-electron chi connectivity index (χ4n) is 3.35. The molecule has 31 heavy (non-hydrogen) atoms. The maximum absolute atomic E-state index is 14.0. The lowest BCUT2D eigenvalue weighted by molar-refractivity contribution is 0.146. The molecular formula is C22H29F2IN4O2. The van der Waals surface area contributed by atoms with Crippen molar-refractivity contribution >= 4 is 35.6 Å². The van der Waals surface area contributed by atoms with Crippen LogP contribution in [0.3, 0.4) is 0 Å². The van der Waals surface area contributed by atoms with Gasteiger partial charge in [-0.05, 0) is 36.2 Å². The first kappa shape index (κ1) is 25.1. The monoisotopic (exact) mass is 546 g/mol. The van der Waals surface area contributed by atoms with Gasteiger partial charge in [-0.25, -0.2) is 8.78 Å². The van der Waals surface area contributed by atoms with Crippen LogP contribution in [0.25, 0.3) is 0 Å². The second-order valence-corrected chi connectivity index (χ2v) is 7.08. The molecule has 3 rings (SSSR count). The molecule has 0 amide bonds. The average Bonchev–Trinajstić information content (AvgIpc) is 3.20. The van der Waals surface area contributed by atoms with Crippen LogP contribution >= 0.6 is 24.0 Å². The van der Waals surface area contributed by atoms with E-state index in [2.05, 4.69) is 15.6 Å². The summed E-state index contributed by atoms with van der Waals surface area (Å²) in [5, 5.41) is 6.67. The Labute approximate surface area is 199 Å². The quantitative estimate of drug-likeness (QED) is 0.230. The smallest absolute Gasteiger partial charge is 0.191 e. The molecule has 2 aromatic rings. The second kappa shape index (κ2) is 12.7. The van der Waals surface area contributed by atoms with Crippen LogP contribution in [0.15, 0.2) is 47.5 Å². The van der Waals surface area contributed by atoms with E-state index in [9.17, 15) is 8.78 Å². The molecule has 2 N–H and O–H groups in total. The molecule has 1 heterocycles. The lowest BCUT2D eigenvalue weighted by atomic mass is 10.2. The average molecular weight is 546 g/mol. The van der Waals surface area contributed by atoms with E-state index in [0.29, 0.717) is 44.5 Å². The van der Waals surface area contributed by atoms with Crippen molar-refractivity contribution in [2.45, 2.75) is 19.0 Å². The Hall–Kier alpha value is -2.14. The van der Waals surface area contributed by atoms with E-state index in [-0.39, 0.29) is 30.0 Å². The highest BCUT2D eigenvalue weighted by Crippen LogP contribution is 2.24. The Morgan fingerprint density at radius 2 is 1.94 bits per heavy atom. The minimum atomic E-state index is -0.565. The minimum Gasteiger partial charge on any atom is -0.491 e. The summed E-state index contributed by atoms with van der Waals surface area (Å²) in [5.74, 6) is 0.385. The Bertz CT molecular complexity index is 852. The molecule has 1 saturated heterocycles. The molecule has 0 spiro atoms. The fraction of sp³-hybridized carbons (Fsp3) is 0.409. The Morgan fingerprint density at radius 3 is 2.61 bits per heavy atom. The van der Waals surface area contributed by atoms with Gasteiger partial charge in [-0.3, -0.25) is 4.99 Å². The molecule has 9 heteroatoms. The number of hydrogen-bond donors (Lipinski definition) is 2. The summed E-state index contributed by atoms with van der Waals surface area (Å²) in [6.07, 6.45) is 0.838. The van der Waals surface area contributed by atoms with Crippen LogP contribution in [-0.2, 0) is 11.3 Å². The van der Waals surface area contributed by atoms with E-state index in [4.69, 9.17) is 9.47 Å². The van der Waals surface area contributed by atoms with Gasteiger partial charge >= 0.3 is 0 Å². The number of nitrogens with one attached hydrogen (secondary N) is 2. The summed E-state index contributed by atoms with van der Waals surface area (Å²) < 4.78 is 37.7. The number of rotatable bonds is 8. The van der Waals surface area contributed by atoms with E-state index in [0.717, 1.165) is 23.8 Å². The van der Waals surface area contributed by atoms with Gasteiger partial charge in [0.1, 0.15) is 24.0 Å². The molecule has 1 fully saturated rings. The molecule has 1 atom stereocenters. The van der Waals surface area contributed by atoms with Gasteiger partial charge in [-0.2, -0.15) is 0 Å². The van der Waals surface area contributed by atoms with E-state index in [1.54, 1.807) is 14.2 Å². The lowest BCUT2D eigenvalue weighted by Gasteiger charge is -2.21. The summed E-state index contributed by atoms with van der Waals surface area (Å²) >= 11 is 0. The van der Waals surface area contributed by atoms with Crippen molar-refractivity contribution in [2.24, 2.45) is 4.99 Å². The first-order valence-corrected chi connectivity index (χ1v) is 9.97. The van der Waals surface area contributed by atoms with Gasteiger partial charge in [0.05, 0.1) is 12.3 Å². The molecule has 1 aliphatic heterocycles. The number of nitrogens with zero attached hydrogens (tertiary/aromatic N) is 2. The zero-order valence-electron chi connectivity index (χ0n) is 17.7. The molecule has 0 radical (unpaired) electrons. The SMILES string of the molecule is CN=C(NCc1ccc(OCCOC)cc1)NC1CCN(c2ccc(F)cc2F)C1.I. The molecule has 0 bridgehead atoms. The van der Waals surface area contributed by atoms with Crippen LogP contribution in [0, 0.1) is 11.6 Å². The third-order valence-electron chi connectivity index (χ3n) is 4.94. The first-order valence-electron chi connectivity index (χ1n) is 9.97. The third kappa shape index (κ3) is 7.49. The van der Waals surface area contributed by atoms with E-state index < -0.39 is 11.6 Å². The van der Waals surface area contributed by atoms with Gasteiger partial charge in [-0.1, -0.05) is 12.1 Å². The van der Waals surface area contributed by atoms with Crippen LogP contribution < -0.4 is 20.3 Å². The number of ether oxygens (including phenoxy) is 2. The van der Waals surface area contributed by atoms with Gasteiger partial charge in [0.25, 0.3) is 0 Å². The Kier molecular flexibility index (Phi) is 10.3. The lowest BCUT2D eigenvalue weighted by Crippen LogP contribution is -2.44. The molecule has 0 aromatic heterocycles. The highest BCUT2D eigenvalue weighted by molar-refractivity contribution is 14.0. The van der Waals surface area contributed by atoms with Gasteiger partial charge < -0.3 is 25.0 Å². The molecule has 170 valence electrons. The predicted molar refractivity (Wildman–Crippen MR) is 130 cm³/mol. The van der Waals surface area contributed by atoms with Gasteiger partial charge in [0, 0.05) is 45.9 Å². The normalized spacial score (nSPS) is 16.1. The standard InChI is InChI=1S/C22H28F2N4O2.HI/c1-25-22(26-14-16-3-6-19(7-4-16)30-12-11-29-2)27-18-9-10-28(15-18)21-8-5-17(23)13-20(21)24;/h3-8,13,18H,9-12,14-15H2,1-2H3,(H2,25,26,27);1H. The van der Waals surface area contributed by atoms with Crippen molar-refractivity contribution in [3.63, 3.8) is 0 Å². The summed E-state index contributed by atoms with van der Waals surface area (Å²) in [6, 6.07) is 11.7. The summed E-state index contributed by atoms with van der Waals surface area (Å²) in [6.45, 7) is 3.00. The highest BCUT2D eigenvalue weighted by atomic mass is 127. The van der Waals surface area contributed by atoms with Crippen molar-refractivity contribution in [3.05, 3.63) is 59.7 Å². The van der Waals surface area contributed by atoms with Crippen LogP contribution in [0.5, 0.6) is 5.75 Å². The molecule has 0 aliphatic carbocycles. The van der Waals surface area contributed by atoms with E-state index in [1.807, 2.05) is 29.2 Å². The van der Waals surface area contributed by atoms with Gasteiger partial charge in [0.15, 0.2) is 5.96 Å². The number of halogens is 3. The molecule has 0 saturated carbocycles. The molecule has 2 aromatic carbocycles. The summed E-state index contributed by atoms with van der Waals surface area (Å²) in [7, 11) is 3.36. The van der Waals surface area contributed by atoms with E-state index in [1.165, 1.54) is 12.1 Å². The second-order valence-electron chi connectivity index (χ2n) is 7.08. The predicted octanol–water partition coefficient (Wildman–Crippen LogP) is 3.55. The topological polar surface area (TPSA) is 58.1 Å². The van der Waals surface area contributed by atoms with Gasteiger partial charge in [-0.15, -0.1) is 24.0 Å². The number of methoxy groups -OCH3 is 1. The van der Waals surface area contributed by atoms with Crippen molar-refractivity contribution in [2.75, 3.05) is 45.4 Å². The molecule has 1 unspecified atom stereocenters. The maximum atomic E-state index is 14.0. The van der Waals surface area contributed by atoms with Crippen molar-refractivity contribution in [3.8, 4) is 5.75 Å². The number of anilines is 1. The molecule has 6 nitrogen and oxygen atoms in total. The van der Waals surface area contributed by atoms with Crippen LogP contribution in [0.2, 0.25) is 0 Å². The maximum Gasteiger partial charge on any atom is 0.191 e. The summed E-state index contributed by atoms with van der Waals surface area (Å²) in [4.78, 5) is 6.19. The summed E-state index contributed by atoms with van der Waals surface area (Å²) in [5.41, 5.74) is 1.52. The van der Waals surface area contributed by atoms with Crippen LogP contribution in [0.4, 0.5) is 14.5 Å². The first-order chi connectivity index (χ1) is 14.6. The highest BCUT2D eigenvalue weighted by Gasteiger charge is 2.25. The number of benzene rings is 2. The van der Waals surface area contributed by atoms with E-state index >= 15 is 0 Å². The van der Waals surface area contributed by atoms with Crippen LogP contribution in [0.1, 0.15) is 12.0 Å². The number of guanidine groups is 1. The third-order valence-corrected chi connectivity index (χ3v) is 4.94. The zero-order valence-corrected chi connectivity index (χ0v) is 20.1. The zero-order chi connectivity index (χ0) is 21.3. The molecule has 1 aliphatic rings. The Morgan fingerprint density at radius 1 is 1.16 bits per heavy atom. The number of aliphatic imine (C=N–C) groups is 1. The van der Waals surface area contributed by atoms with Crippen molar-refractivity contribution in [1.29, 1.82) is 0 Å². The van der Waals surface area contributed by atoms with Crippen LogP contribution in [-0.4, -0.2) is 52.5 Å². The van der Waals surface area contributed by atoms with Crippen molar-refractivity contribution in [1.82, 2.24) is 10.6 Å². The minimum absolute atomic E-state index is 0. The molecular weight excluding hydrogens is 517 g/mol. The van der Waals surface area contributed by atoms with Crippen molar-refractivity contribution < 1.29 is 18.3 Å².